The van der Waals surface area contributed by atoms with Crippen molar-refractivity contribution in [1.29, 1.82) is 0 Å². The molecule has 6 nitrogen and oxygen atoms in total. The summed E-state index contributed by atoms with van der Waals surface area (Å²) >= 11 is 2.53. The number of anilines is 1. The summed E-state index contributed by atoms with van der Waals surface area (Å²) in [6.07, 6.45) is 0. The van der Waals surface area contributed by atoms with Gasteiger partial charge in [0.15, 0.2) is 0 Å². The summed E-state index contributed by atoms with van der Waals surface area (Å²) in [5.74, 6) is -0.598. The Labute approximate surface area is 150 Å². The molecule has 1 aromatic heterocycles. The van der Waals surface area contributed by atoms with Crippen LogP contribution in [0.15, 0.2) is 6.07 Å². The Morgan fingerprint density at radius 1 is 1.17 bits per heavy atom. The number of esters is 2. The zero-order chi connectivity index (χ0) is 18.1. The second-order valence-electron chi connectivity index (χ2n) is 5.11. The first-order valence-electron chi connectivity index (χ1n) is 7.73. The molecular weight excluding hydrogens is 350 g/mol. The minimum atomic E-state index is -0.449. The van der Waals surface area contributed by atoms with Gasteiger partial charge >= 0.3 is 11.9 Å². The molecule has 1 aromatic rings. The van der Waals surface area contributed by atoms with E-state index in [0.717, 1.165) is 4.88 Å². The van der Waals surface area contributed by atoms with E-state index in [2.05, 4.69) is 5.32 Å². The minimum Gasteiger partial charge on any atom is -0.465 e. The van der Waals surface area contributed by atoms with Crippen molar-refractivity contribution in [1.82, 2.24) is 0 Å². The van der Waals surface area contributed by atoms with Gasteiger partial charge in [-0.25, -0.2) is 4.79 Å². The van der Waals surface area contributed by atoms with Crippen molar-refractivity contribution in [2.24, 2.45) is 0 Å². The van der Waals surface area contributed by atoms with Crippen LogP contribution in [0, 0.1) is 0 Å². The molecule has 0 unspecified atom stereocenters. The molecule has 1 N–H and O–H groups in total. The maximum Gasteiger partial charge on any atom is 0.341 e. The Morgan fingerprint density at radius 3 is 2.42 bits per heavy atom. The number of hydrogen-bond donors (Lipinski definition) is 1. The van der Waals surface area contributed by atoms with E-state index in [1.807, 2.05) is 13.8 Å². The van der Waals surface area contributed by atoms with Crippen molar-refractivity contribution in [2.75, 3.05) is 30.0 Å². The Hall–Kier alpha value is -1.54. The number of rotatable bonds is 9. The average molecular weight is 373 g/mol. The first-order valence-corrected chi connectivity index (χ1v) is 9.70. The van der Waals surface area contributed by atoms with E-state index < -0.39 is 5.97 Å². The number of thiophene rings is 1. The number of carbonyl (C=O) groups excluding carboxylic acids is 3. The molecule has 0 radical (unpaired) electrons. The van der Waals surface area contributed by atoms with Crippen LogP contribution in [0.3, 0.4) is 0 Å². The summed E-state index contributed by atoms with van der Waals surface area (Å²) in [7, 11) is 0. The summed E-state index contributed by atoms with van der Waals surface area (Å²) in [5.41, 5.74) is 0.370. The fourth-order valence-electron chi connectivity index (χ4n) is 1.74. The lowest BCUT2D eigenvalue weighted by Crippen LogP contribution is -2.17. The molecule has 0 aliphatic heterocycles. The molecule has 0 bridgehead atoms. The molecular formula is C16H23NO5S2. The third-order valence-electron chi connectivity index (χ3n) is 2.83. The standard InChI is InChI=1S/C16H23NO5S2/c1-5-21-14(19)9-23-8-13(18)17-15-11(16(20)22-6-2)7-12(24-15)10(3)4/h7,10H,5-6,8-9H2,1-4H3,(H,17,18). The highest BCUT2D eigenvalue weighted by Crippen LogP contribution is 2.33. The fraction of sp³-hybridized carbons (Fsp3) is 0.562. The Morgan fingerprint density at radius 2 is 1.83 bits per heavy atom. The topological polar surface area (TPSA) is 81.7 Å². The summed E-state index contributed by atoms with van der Waals surface area (Å²) in [6.45, 7) is 8.09. The molecule has 0 atom stereocenters. The van der Waals surface area contributed by atoms with Gasteiger partial charge in [-0.05, 0) is 25.8 Å². The first kappa shape index (κ1) is 20.5. The minimum absolute atomic E-state index is 0.107. The summed E-state index contributed by atoms with van der Waals surface area (Å²) in [6, 6.07) is 1.76. The molecule has 0 aliphatic carbocycles. The molecule has 1 rings (SSSR count). The number of carbonyl (C=O) groups is 3. The van der Waals surface area contributed by atoms with Crippen molar-refractivity contribution in [3.63, 3.8) is 0 Å². The van der Waals surface area contributed by atoms with Gasteiger partial charge in [0, 0.05) is 4.88 Å². The lowest BCUT2D eigenvalue weighted by molar-refractivity contribution is -0.139. The lowest BCUT2D eigenvalue weighted by atomic mass is 10.1. The van der Waals surface area contributed by atoms with Gasteiger partial charge in [0.05, 0.1) is 30.3 Å². The predicted octanol–water partition coefficient (Wildman–Crippen LogP) is 3.28. The maximum atomic E-state index is 12.0. The van der Waals surface area contributed by atoms with Crippen LogP contribution >= 0.6 is 23.1 Å². The molecule has 8 heteroatoms. The van der Waals surface area contributed by atoms with Gasteiger partial charge in [0.1, 0.15) is 5.00 Å². The fourth-order valence-corrected chi connectivity index (χ4v) is 3.42. The summed E-state index contributed by atoms with van der Waals surface area (Å²) in [4.78, 5) is 36.3. The molecule has 0 saturated heterocycles. The van der Waals surface area contributed by atoms with E-state index in [-0.39, 0.29) is 35.9 Å². The third kappa shape index (κ3) is 6.52. The normalized spacial score (nSPS) is 10.5. The smallest absolute Gasteiger partial charge is 0.341 e. The van der Waals surface area contributed by atoms with E-state index in [1.165, 1.54) is 23.1 Å². The van der Waals surface area contributed by atoms with E-state index in [9.17, 15) is 14.4 Å². The van der Waals surface area contributed by atoms with Crippen molar-refractivity contribution in [3.05, 3.63) is 16.5 Å². The largest absolute Gasteiger partial charge is 0.465 e. The van der Waals surface area contributed by atoms with E-state index >= 15 is 0 Å². The molecule has 1 amide bonds. The lowest BCUT2D eigenvalue weighted by Gasteiger charge is -2.06. The van der Waals surface area contributed by atoms with Gasteiger partial charge < -0.3 is 14.8 Å². The Bertz CT molecular complexity index is 583. The molecule has 0 saturated carbocycles. The molecule has 134 valence electrons. The number of amides is 1. The molecule has 0 spiro atoms. The van der Waals surface area contributed by atoms with Gasteiger partial charge in [0.25, 0.3) is 0 Å². The quantitative estimate of drug-likeness (QED) is 0.669. The third-order valence-corrected chi connectivity index (χ3v) is 5.08. The molecule has 0 fully saturated rings. The summed E-state index contributed by atoms with van der Waals surface area (Å²) in [5, 5.41) is 3.22. The number of nitrogens with one attached hydrogen (secondary N) is 1. The zero-order valence-corrected chi connectivity index (χ0v) is 16.0. The number of thioether (sulfide) groups is 1. The van der Waals surface area contributed by atoms with Gasteiger partial charge in [0.2, 0.25) is 5.91 Å². The van der Waals surface area contributed by atoms with Gasteiger partial charge in [-0.2, -0.15) is 0 Å². The van der Waals surface area contributed by atoms with Crippen LogP contribution in [0.25, 0.3) is 0 Å². The van der Waals surface area contributed by atoms with Gasteiger partial charge in [-0.1, -0.05) is 13.8 Å². The Balaban J connectivity index is 2.69. The van der Waals surface area contributed by atoms with E-state index in [1.54, 1.807) is 19.9 Å². The SMILES string of the molecule is CCOC(=O)CSCC(=O)Nc1sc(C(C)C)cc1C(=O)OCC. The monoisotopic (exact) mass is 373 g/mol. The number of ether oxygens (including phenoxy) is 2. The molecule has 0 aliphatic rings. The van der Waals surface area contributed by atoms with Crippen LogP contribution in [0.4, 0.5) is 5.00 Å². The second-order valence-corrected chi connectivity index (χ2v) is 7.18. The van der Waals surface area contributed by atoms with Crippen molar-refractivity contribution >= 4 is 45.9 Å². The Kier molecular flexibility index (Phi) is 8.84. The van der Waals surface area contributed by atoms with Gasteiger partial charge in [-0.15, -0.1) is 23.1 Å². The van der Waals surface area contributed by atoms with Crippen molar-refractivity contribution < 1.29 is 23.9 Å². The maximum absolute atomic E-state index is 12.0. The highest BCUT2D eigenvalue weighted by molar-refractivity contribution is 8.00. The van der Waals surface area contributed by atoms with Crippen LogP contribution in [-0.4, -0.2) is 42.6 Å². The zero-order valence-electron chi connectivity index (χ0n) is 14.3. The van der Waals surface area contributed by atoms with Crippen LogP contribution < -0.4 is 5.32 Å². The van der Waals surface area contributed by atoms with E-state index in [0.29, 0.717) is 17.2 Å². The average Bonchev–Trinajstić information content (AvgIpc) is 2.92. The highest BCUT2D eigenvalue weighted by atomic mass is 32.2. The first-order chi connectivity index (χ1) is 11.4. The van der Waals surface area contributed by atoms with Crippen molar-refractivity contribution in [2.45, 2.75) is 33.6 Å². The van der Waals surface area contributed by atoms with Crippen LogP contribution in [0.1, 0.15) is 48.8 Å². The molecule has 1 heterocycles. The second kappa shape index (κ2) is 10.4. The summed E-state index contributed by atoms with van der Waals surface area (Å²) < 4.78 is 9.83. The van der Waals surface area contributed by atoms with E-state index in [4.69, 9.17) is 9.47 Å². The molecule has 0 aromatic carbocycles. The predicted molar refractivity (Wildman–Crippen MR) is 97.0 cm³/mol. The van der Waals surface area contributed by atoms with Crippen LogP contribution in [-0.2, 0) is 19.1 Å². The van der Waals surface area contributed by atoms with Crippen molar-refractivity contribution in [3.8, 4) is 0 Å². The van der Waals surface area contributed by atoms with Crippen LogP contribution in [0.2, 0.25) is 0 Å². The van der Waals surface area contributed by atoms with Gasteiger partial charge in [-0.3, -0.25) is 9.59 Å². The van der Waals surface area contributed by atoms with Crippen LogP contribution in [0.5, 0.6) is 0 Å². The highest BCUT2D eigenvalue weighted by Gasteiger charge is 2.20. The number of hydrogen-bond acceptors (Lipinski definition) is 7. The molecule has 24 heavy (non-hydrogen) atoms.